The Morgan fingerprint density at radius 3 is 2.44 bits per heavy atom. The molecule has 0 bridgehead atoms. The Morgan fingerprint density at radius 2 is 1.78 bits per heavy atom. The first-order chi connectivity index (χ1) is 15.4. The number of hydrogen-bond donors (Lipinski definition) is 2. The van der Waals surface area contributed by atoms with Crippen LogP contribution in [0.15, 0.2) is 72.8 Å². The van der Waals surface area contributed by atoms with Gasteiger partial charge in [-0.3, -0.25) is 9.59 Å². The second-order valence-electron chi connectivity index (χ2n) is 7.11. The van der Waals surface area contributed by atoms with Crippen molar-refractivity contribution >= 4 is 40.2 Å². The Morgan fingerprint density at radius 1 is 1.06 bits per heavy atom. The average molecular weight is 422 g/mol. The molecule has 1 heterocycles. The van der Waals surface area contributed by atoms with Crippen LogP contribution in [-0.2, 0) is 4.79 Å². The molecular weight excluding hydrogens is 404 g/mol. The standard InChI is InChI=1S/C25H18N4O3/c1-16(30)18-6-3-17(4-7-18)5-14-24(31)27-20-10-8-19(9-11-20)25-28-22-13-12-21(26-2)15-23(22)29(25)32/h3-15,32H,1H3,(H,27,31). The lowest BCUT2D eigenvalue weighted by molar-refractivity contribution is -0.111. The predicted octanol–water partition coefficient (Wildman–Crippen LogP) is 5.35. The summed E-state index contributed by atoms with van der Waals surface area (Å²) in [7, 11) is 0. The van der Waals surface area contributed by atoms with E-state index in [1.165, 1.54) is 13.0 Å². The van der Waals surface area contributed by atoms with Crippen molar-refractivity contribution < 1.29 is 14.8 Å². The molecular formula is C25H18N4O3. The molecule has 0 aliphatic heterocycles. The maximum Gasteiger partial charge on any atom is 0.248 e. The van der Waals surface area contributed by atoms with E-state index in [9.17, 15) is 14.8 Å². The Kier molecular flexibility index (Phi) is 5.51. The van der Waals surface area contributed by atoms with E-state index >= 15 is 0 Å². The van der Waals surface area contributed by atoms with Gasteiger partial charge in [-0.05, 0) is 55.0 Å². The number of aromatic nitrogens is 2. The molecule has 7 nitrogen and oxygen atoms in total. The van der Waals surface area contributed by atoms with Crippen molar-refractivity contribution in [3.63, 3.8) is 0 Å². The first kappa shape index (κ1) is 20.6. The smallest absolute Gasteiger partial charge is 0.248 e. The Labute approximate surface area is 184 Å². The van der Waals surface area contributed by atoms with Crippen LogP contribution >= 0.6 is 0 Å². The molecule has 0 saturated heterocycles. The largest absolute Gasteiger partial charge is 0.426 e. The second kappa shape index (κ2) is 8.58. The molecule has 0 atom stereocenters. The summed E-state index contributed by atoms with van der Waals surface area (Å²) in [6.07, 6.45) is 3.08. The zero-order valence-corrected chi connectivity index (χ0v) is 17.1. The Hall–Kier alpha value is -4.70. The minimum Gasteiger partial charge on any atom is -0.426 e. The van der Waals surface area contributed by atoms with Crippen LogP contribution < -0.4 is 5.32 Å². The third kappa shape index (κ3) is 4.25. The molecule has 0 saturated carbocycles. The fourth-order valence-corrected chi connectivity index (χ4v) is 3.20. The minimum absolute atomic E-state index is 0.00777. The van der Waals surface area contributed by atoms with Crippen LogP contribution in [-0.4, -0.2) is 26.6 Å². The maximum atomic E-state index is 12.2. The molecule has 0 aliphatic carbocycles. The number of rotatable bonds is 5. The summed E-state index contributed by atoms with van der Waals surface area (Å²) in [4.78, 5) is 31.3. The van der Waals surface area contributed by atoms with E-state index in [1.54, 1.807) is 72.8 Å². The number of anilines is 1. The molecule has 1 amide bonds. The normalized spacial score (nSPS) is 10.9. The fraction of sp³-hybridized carbons (Fsp3) is 0.0400. The number of imidazole rings is 1. The van der Waals surface area contributed by atoms with Crippen LogP contribution in [0.5, 0.6) is 0 Å². The van der Waals surface area contributed by atoms with Crippen molar-refractivity contribution in [2.24, 2.45) is 0 Å². The molecule has 0 unspecified atom stereocenters. The maximum absolute atomic E-state index is 12.2. The number of ketones is 1. The molecule has 0 radical (unpaired) electrons. The molecule has 4 rings (SSSR count). The summed E-state index contributed by atoms with van der Waals surface area (Å²) in [5, 5.41) is 13.2. The van der Waals surface area contributed by atoms with Gasteiger partial charge in [0.05, 0.1) is 17.6 Å². The van der Waals surface area contributed by atoms with Crippen LogP contribution in [0.1, 0.15) is 22.8 Å². The number of nitrogens with zero attached hydrogens (tertiary/aromatic N) is 3. The van der Waals surface area contributed by atoms with Crippen LogP contribution in [0, 0.1) is 6.57 Å². The Bertz CT molecular complexity index is 1390. The van der Waals surface area contributed by atoms with Crippen molar-refractivity contribution in [2.75, 3.05) is 5.32 Å². The number of Topliss-reactive ketones (excluding diaryl/α,β-unsaturated/α-hetero) is 1. The van der Waals surface area contributed by atoms with Gasteiger partial charge in [0.15, 0.2) is 17.3 Å². The highest BCUT2D eigenvalue weighted by molar-refractivity contribution is 6.02. The Balaban J connectivity index is 1.46. The lowest BCUT2D eigenvalue weighted by Crippen LogP contribution is -2.07. The predicted molar refractivity (Wildman–Crippen MR) is 123 cm³/mol. The summed E-state index contributed by atoms with van der Waals surface area (Å²) < 4.78 is 0.956. The monoisotopic (exact) mass is 422 g/mol. The van der Waals surface area contributed by atoms with Crippen LogP contribution in [0.3, 0.4) is 0 Å². The summed E-state index contributed by atoms with van der Waals surface area (Å²) in [6, 6.07) is 18.8. The van der Waals surface area contributed by atoms with Gasteiger partial charge in [-0.1, -0.05) is 30.3 Å². The van der Waals surface area contributed by atoms with E-state index in [2.05, 4.69) is 15.1 Å². The van der Waals surface area contributed by atoms with Gasteiger partial charge in [0.2, 0.25) is 5.91 Å². The topological polar surface area (TPSA) is 88.6 Å². The number of carbonyl (C=O) groups is 2. The van der Waals surface area contributed by atoms with Gasteiger partial charge < -0.3 is 10.5 Å². The van der Waals surface area contributed by atoms with Gasteiger partial charge >= 0.3 is 0 Å². The van der Waals surface area contributed by atoms with E-state index in [-0.39, 0.29) is 11.7 Å². The van der Waals surface area contributed by atoms with Crippen LogP contribution in [0.4, 0.5) is 11.4 Å². The third-order valence-electron chi connectivity index (χ3n) is 4.90. The van der Waals surface area contributed by atoms with Gasteiger partial charge in [0, 0.05) is 22.9 Å². The number of benzene rings is 3. The first-order valence-corrected chi connectivity index (χ1v) is 9.74. The molecule has 0 aliphatic rings. The molecule has 32 heavy (non-hydrogen) atoms. The second-order valence-corrected chi connectivity index (χ2v) is 7.11. The van der Waals surface area contributed by atoms with E-state index in [0.717, 1.165) is 10.3 Å². The molecule has 2 N–H and O–H groups in total. The van der Waals surface area contributed by atoms with E-state index in [1.807, 2.05) is 0 Å². The highest BCUT2D eigenvalue weighted by atomic mass is 16.5. The van der Waals surface area contributed by atoms with E-state index < -0.39 is 0 Å². The molecule has 0 fully saturated rings. The van der Waals surface area contributed by atoms with Crippen LogP contribution in [0.2, 0.25) is 0 Å². The van der Waals surface area contributed by atoms with Crippen molar-refractivity contribution in [2.45, 2.75) is 6.92 Å². The number of carbonyl (C=O) groups excluding carboxylic acids is 2. The average Bonchev–Trinajstić information content (AvgIpc) is 3.14. The number of hydrogen-bond acceptors (Lipinski definition) is 4. The first-order valence-electron chi connectivity index (χ1n) is 9.74. The third-order valence-corrected chi connectivity index (χ3v) is 4.90. The minimum atomic E-state index is -0.297. The lowest BCUT2D eigenvalue weighted by atomic mass is 10.1. The molecule has 4 aromatic rings. The molecule has 3 aromatic carbocycles. The molecule has 7 heteroatoms. The zero-order valence-electron chi connectivity index (χ0n) is 17.1. The van der Waals surface area contributed by atoms with Crippen LogP contribution in [0.25, 0.3) is 33.3 Å². The SMILES string of the molecule is [C-]#[N+]c1ccc2nc(-c3ccc(NC(=O)C=Cc4ccc(C(C)=O)cc4)cc3)n(O)c2c1. The van der Waals surface area contributed by atoms with Gasteiger partial charge in [0.25, 0.3) is 0 Å². The van der Waals surface area contributed by atoms with Gasteiger partial charge in [-0.2, -0.15) is 4.73 Å². The summed E-state index contributed by atoms with van der Waals surface area (Å²) in [6.45, 7) is 8.61. The highest BCUT2D eigenvalue weighted by Crippen LogP contribution is 2.27. The van der Waals surface area contributed by atoms with E-state index in [0.29, 0.717) is 39.4 Å². The highest BCUT2D eigenvalue weighted by Gasteiger charge is 2.12. The molecule has 1 aromatic heterocycles. The number of amides is 1. The molecule has 0 spiro atoms. The van der Waals surface area contributed by atoms with Gasteiger partial charge in [-0.25, -0.2) is 9.83 Å². The quantitative estimate of drug-likeness (QED) is 0.196. The van der Waals surface area contributed by atoms with Crippen molar-refractivity contribution in [3.8, 4) is 11.4 Å². The van der Waals surface area contributed by atoms with Crippen molar-refractivity contribution in [1.82, 2.24) is 9.71 Å². The zero-order chi connectivity index (χ0) is 22.7. The summed E-state index contributed by atoms with van der Waals surface area (Å²) >= 11 is 0. The summed E-state index contributed by atoms with van der Waals surface area (Å²) in [5.41, 5.74) is 4.12. The fourth-order valence-electron chi connectivity index (χ4n) is 3.20. The molecule has 156 valence electrons. The van der Waals surface area contributed by atoms with Gasteiger partial charge in [0.1, 0.15) is 0 Å². The number of fused-ring (bicyclic) bond motifs is 1. The van der Waals surface area contributed by atoms with Crippen molar-refractivity contribution in [1.29, 1.82) is 0 Å². The van der Waals surface area contributed by atoms with E-state index in [4.69, 9.17) is 6.57 Å². The lowest BCUT2D eigenvalue weighted by Gasteiger charge is -2.05. The number of nitrogens with one attached hydrogen (secondary N) is 1. The van der Waals surface area contributed by atoms with Crippen molar-refractivity contribution in [3.05, 3.63) is 95.4 Å². The summed E-state index contributed by atoms with van der Waals surface area (Å²) in [5.74, 6) is 0.0370. The van der Waals surface area contributed by atoms with Gasteiger partial charge in [-0.15, -0.1) is 0 Å².